The molecule has 0 unspecified atom stereocenters. The molecular weight excluding hydrogens is 346 g/mol. The first kappa shape index (κ1) is 18.1. The minimum Gasteiger partial charge on any atom is -0.368 e. The van der Waals surface area contributed by atoms with Crippen molar-refractivity contribution in [3.63, 3.8) is 0 Å². The second-order valence-electron chi connectivity index (χ2n) is 5.83. The molecule has 3 rings (SSSR count). The maximum Gasteiger partial charge on any atom is 0.232 e. The van der Waals surface area contributed by atoms with Gasteiger partial charge in [-0.3, -0.25) is 0 Å². The Kier molecular flexibility index (Phi) is 5.62. The summed E-state index contributed by atoms with van der Waals surface area (Å²) >= 11 is 1.47. The minimum absolute atomic E-state index is 0.185. The third kappa shape index (κ3) is 4.89. The van der Waals surface area contributed by atoms with E-state index in [-0.39, 0.29) is 5.95 Å². The van der Waals surface area contributed by atoms with Gasteiger partial charge in [-0.25, -0.2) is 9.97 Å². The largest absolute Gasteiger partial charge is 0.368 e. The predicted molar refractivity (Wildman–Crippen MR) is 104 cm³/mol. The summed E-state index contributed by atoms with van der Waals surface area (Å²) in [4.78, 5) is 21.6. The second kappa shape index (κ2) is 8.09. The van der Waals surface area contributed by atoms with Gasteiger partial charge in [0.15, 0.2) is 5.16 Å². The molecule has 0 atom stereocenters. The molecule has 0 radical (unpaired) electrons. The first-order chi connectivity index (χ1) is 12.5. The Morgan fingerprint density at radius 1 is 0.962 bits per heavy atom. The number of hydrogen-bond acceptors (Lipinski definition) is 8. The van der Waals surface area contributed by atoms with Crippen LogP contribution in [-0.2, 0) is 12.2 Å². The van der Waals surface area contributed by atoms with E-state index in [1.807, 2.05) is 32.0 Å². The van der Waals surface area contributed by atoms with Crippen LogP contribution in [0.5, 0.6) is 0 Å². The monoisotopic (exact) mass is 367 g/mol. The Morgan fingerprint density at radius 2 is 1.65 bits per heavy atom. The molecular formula is C18H21N7S. The van der Waals surface area contributed by atoms with Gasteiger partial charge in [-0.1, -0.05) is 30.8 Å². The molecule has 0 aliphatic heterocycles. The Bertz CT molecular complexity index is 876. The molecule has 2 aromatic heterocycles. The highest BCUT2D eigenvalue weighted by molar-refractivity contribution is 7.98. The van der Waals surface area contributed by atoms with Crippen LogP contribution in [-0.4, -0.2) is 24.9 Å². The number of nitrogens with zero attached hydrogens (tertiary/aromatic N) is 5. The van der Waals surface area contributed by atoms with Crippen molar-refractivity contribution >= 4 is 29.3 Å². The number of nitrogen functional groups attached to an aromatic ring is 1. The van der Waals surface area contributed by atoms with E-state index in [4.69, 9.17) is 5.73 Å². The van der Waals surface area contributed by atoms with Crippen molar-refractivity contribution in [3.8, 4) is 0 Å². The minimum atomic E-state index is 0.185. The van der Waals surface area contributed by atoms with Crippen molar-refractivity contribution < 1.29 is 0 Å². The highest BCUT2D eigenvalue weighted by Crippen LogP contribution is 2.20. The quantitative estimate of drug-likeness (QED) is 0.504. The van der Waals surface area contributed by atoms with Crippen LogP contribution in [0.2, 0.25) is 0 Å². The summed E-state index contributed by atoms with van der Waals surface area (Å²) in [6, 6.07) is 10.1. The van der Waals surface area contributed by atoms with Gasteiger partial charge < -0.3 is 11.1 Å². The molecule has 0 fully saturated rings. The molecule has 7 nitrogen and oxygen atoms in total. The number of rotatable bonds is 6. The zero-order chi connectivity index (χ0) is 18.5. The molecule has 3 aromatic rings. The Hall–Kier alpha value is -2.74. The first-order valence-corrected chi connectivity index (χ1v) is 9.32. The van der Waals surface area contributed by atoms with Crippen LogP contribution in [0, 0.1) is 13.8 Å². The molecule has 134 valence electrons. The van der Waals surface area contributed by atoms with Crippen molar-refractivity contribution in [3.05, 3.63) is 53.1 Å². The number of aryl methyl sites for hydroxylation is 3. The number of nitrogens with two attached hydrogens (primary N) is 1. The Labute approximate surface area is 156 Å². The second-order valence-corrected chi connectivity index (χ2v) is 6.77. The molecule has 0 bridgehead atoms. The summed E-state index contributed by atoms with van der Waals surface area (Å²) < 4.78 is 0. The highest BCUT2D eigenvalue weighted by Gasteiger charge is 2.08. The van der Waals surface area contributed by atoms with Gasteiger partial charge >= 0.3 is 0 Å². The van der Waals surface area contributed by atoms with E-state index < -0.39 is 0 Å². The molecule has 0 saturated heterocycles. The van der Waals surface area contributed by atoms with Crippen LogP contribution in [0.15, 0.2) is 35.5 Å². The van der Waals surface area contributed by atoms with E-state index in [2.05, 4.69) is 49.3 Å². The number of benzene rings is 1. The molecule has 2 heterocycles. The van der Waals surface area contributed by atoms with Gasteiger partial charge in [0.1, 0.15) is 5.82 Å². The summed E-state index contributed by atoms with van der Waals surface area (Å²) in [5, 5.41) is 3.87. The normalized spacial score (nSPS) is 10.7. The van der Waals surface area contributed by atoms with E-state index in [0.29, 0.717) is 22.7 Å². The van der Waals surface area contributed by atoms with Gasteiger partial charge in [0.2, 0.25) is 11.9 Å². The van der Waals surface area contributed by atoms with Gasteiger partial charge in [0.25, 0.3) is 0 Å². The molecule has 0 spiro atoms. The first-order valence-electron chi connectivity index (χ1n) is 8.33. The predicted octanol–water partition coefficient (Wildman–Crippen LogP) is 3.46. The van der Waals surface area contributed by atoms with Gasteiger partial charge in [0, 0.05) is 17.1 Å². The topological polar surface area (TPSA) is 102 Å². The Balaban J connectivity index is 1.72. The molecule has 8 heteroatoms. The summed E-state index contributed by atoms with van der Waals surface area (Å²) in [7, 11) is 0. The number of anilines is 3. The van der Waals surface area contributed by atoms with Gasteiger partial charge in [-0.05, 0) is 44.0 Å². The zero-order valence-electron chi connectivity index (χ0n) is 15.0. The van der Waals surface area contributed by atoms with E-state index in [0.717, 1.165) is 23.5 Å². The van der Waals surface area contributed by atoms with Crippen molar-refractivity contribution in [2.45, 2.75) is 38.1 Å². The fraction of sp³-hybridized carbons (Fsp3) is 0.278. The summed E-state index contributed by atoms with van der Waals surface area (Å²) in [5.41, 5.74) is 9.89. The highest BCUT2D eigenvalue weighted by atomic mass is 32.2. The van der Waals surface area contributed by atoms with Crippen LogP contribution in [0.3, 0.4) is 0 Å². The van der Waals surface area contributed by atoms with E-state index >= 15 is 0 Å². The van der Waals surface area contributed by atoms with Crippen molar-refractivity contribution in [1.29, 1.82) is 0 Å². The molecule has 0 aliphatic carbocycles. The molecule has 26 heavy (non-hydrogen) atoms. The smallest absolute Gasteiger partial charge is 0.232 e. The van der Waals surface area contributed by atoms with Gasteiger partial charge in [-0.2, -0.15) is 15.0 Å². The third-order valence-corrected chi connectivity index (χ3v) is 4.45. The van der Waals surface area contributed by atoms with Gasteiger partial charge in [-0.15, -0.1) is 0 Å². The fourth-order valence-corrected chi connectivity index (χ4v) is 3.20. The number of thioether (sulfide) groups is 1. The lowest BCUT2D eigenvalue weighted by Crippen LogP contribution is -2.06. The maximum absolute atomic E-state index is 5.83. The SMILES string of the molecule is CCc1ccc(Nc2nc(N)nc(CSc3nc(C)cc(C)n3)n2)cc1. The number of aromatic nitrogens is 5. The Morgan fingerprint density at radius 3 is 2.31 bits per heavy atom. The summed E-state index contributed by atoms with van der Waals surface area (Å²) in [5.74, 6) is 1.71. The third-order valence-electron chi connectivity index (χ3n) is 3.61. The standard InChI is InChI=1S/C18H21N7S/c1-4-13-5-7-14(8-6-13)22-17-24-15(23-16(19)25-17)10-26-18-20-11(2)9-12(3)21-18/h5-9H,4,10H2,1-3H3,(H3,19,22,23,24,25). The van der Waals surface area contributed by atoms with Gasteiger partial charge in [0.05, 0.1) is 5.75 Å². The van der Waals surface area contributed by atoms with Crippen molar-refractivity contribution in [2.24, 2.45) is 0 Å². The molecule has 0 saturated carbocycles. The average Bonchev–Trinajstić information content (AvgIpc) is 2.59. The molecule has 3 N–H and O–H groups in total. The lowest BCUT2D eigenvalue weighted by atomic mass is 10.1. The molecule has 0 amide bonds. The van der Waals surface area contributed by atoms with E-state index in [1.165, 1.54) is 17.3 Å². The van der Waals surface area contributed by atoms with Crippen LogP contribution < -0.4 is 11.1 Å². The summed E-state index contributed by atoms with van der Waals surface area (Å²) in [6.45, 7) is 6.02. The summed E-state index contributed by atoms with van der Waals surface area (Å²) in [6.07, 6.45) is 1.00. The molecule has 1 aromatic carbocycles. The van der Waals surface area contributed by atoms with Crippen LogP contribution in [0.25, 0.3) is 0 Å². The lowest BCUT2D eigenvalue weighted by molar-refractivity contribution is 0.897. The lowest BCUT2D eigenvalue weighted by Gasteiger charge is -2.08. The van der Waals surface area contributed by atoms with Crippen molar-refractivity contribution in [2.75, 3.05) is 11.1 Å². The van der Waals surface area contributed by atoms with Crippen molar-refractivity contribution in [1.82, 2.24) is 24.9 Å². The van der Waals surface area contributed by atoms with E-state index in [1.54, 1.807) is 0 Å². The average molecular weight is 367 g/mol. The zero-order valence-corrected chi connectivity index (χ0v) is 15.8. The van der Waals surface area contributed by atoms with Crippen LogP contribution in [0.4, 0.5) is 17.6 Å². The number of nitrogens with one attached hydrogen (secondary N) is 1. The molecule has 0 aliphatic rings. The fourth-order valence-electron chi connectivity index (χ4n) is 2.40. The van der Waals surface area contributed by atoms with Crippen LogP contribution in [0.1, 0.15) is 29.7 Å². The number of hydrogen-bond donors (Lipinski definition) is 2. The van der Waals surface area contributed by atoms with Crippen LogP contribution >= 0.6 is 11.8 Å². The van der Waals surface area contributed by atoms with E-state index in [9.17, 15) is 0 Å². The maximum atomic E-state index is 5.83.